The lowest BCUT2D eigenvalue weighted by Crippen LogP contribution is -2.29. The normalized spacial score (nSPS) is 19.2. The van der Waals surface area contributed by atoms with Crippen LogP contribution in [-0.2, 0) is 4.79 Å². The zero-order valence-electron chi connectivity index (χ0n) is 16.6. The first-order valence-corrected chi connectivity index (χ1v) is 11.9. The number of hydrogen-bond acceptors (Lipinski definition) is 5. The third kappa shape index (κ3) is 3.90. The molecule has 0 atom stereocenters. The van der Waals surface area contributed by atoms with Gasteiger partial charge in [-0.25, -0.2) is 9.38 Å². The Morgan fingerprint density at radius 2 is 1.69 bits per heavy atom. The molecule has 9 heteroatoms. The zero-order valence-corrected chi connectivity index (χ0v) is 19.7. The smallest absolute Gasteiger partial charge is 0.274 e. The van der Waals surface area contributed by atoms with Gasteiger partial charge in [-0.1, -0.05) is 41.0 Å². The van der Waals surface area contributed by atoms with Crippen LogP contribution >= 0.6 is 46.7 Å². The minimum absolute atomic E-state index is 0.226. The highest BCUT2D eigenvalue weighted by Gasteiger charge is 2.40. The first-order valence-electron chi connectivity index (χ1n) is 9.48. The van der Waals surface area contributed by atoms with Gasteiger partial charge in [0.05, 0.1) is 22.1 Å². The van der Waals surface area contributed by atoms with E-state index >= 15 is 0 Å². The van der Waals surface area contributed by atoms with Crippen LogP contribution in [0.15, 0.2) is 86.6 Å². The van der Waals surface area contributed by atoms with Crippen LogP contribution in [0, 0.1) is 5.82 Å². The van der Waals surface area contributed by atoms with Crippen molar-refractivity contribution in [2.75, 3.05) is 16.8 Å². The maximum atomic E-state index is 13.6. The number of carbonyl (C=O) groups is 1. The van der Waals surface area contributed by atoms with Crippen molar-refractivity contribution in [3.63, 3.8) is 0 Å². The van der Waals surface area contributed by atoms with Crippen LogP contribution in [0.3, 0.4) is 0 Å². The fraction of sp³-hybridized carbons (Fsp3) is 0.0435. The fourth-order valence-electron chi connectivity index (χ4n) is 3.37. The highest BCUT2D eigenvalue weighted by atomic mass is 35.5. The lowest BCUT2D eigenvalue weighted by Gasteiger charge is -2.17. The van der Waals surface area contributed by atoms with Crippen LogP contribution < -0.4 is 9.80 Å². The second-order valence-corrected chi connectivity index (χ2v) is 9.88. The molecule has 0 aromatic heterocycles. The summed E-state index contributed by atoms with van der Waals surface area (Å²) >= 11 is 15.1. The van der Waals surface area contributed by atoms with Crippen LogP contribution in [-0.4, -0.2) is 18.1 Å². The van der Waals surface area contributed by atoms with Gasteiger partial charge in [0.2, 0.25) is 0 Å². The summed E-state index contributed by atoms with van der Waals surface area (Å²) in [5.41, 5.74) is 2.09. The Morgan fingerprint density at radius 3 is 2.44 bits per heavy atom. The van der Waals surface area contributed by atoms with Crippen LogP contribution in [0.1, 0.15) is 0 Å². The minimum Gasteiger partial charge on any atom is -0.337 e. The van der Waals surface area contributed by atoms with E-state index in [1.54, 1.807) is 30.3 Å². The topological polar surface area (TPSA) is 35.9 Å². The van der Waals surface area contributed by atoms with Crippen LogP contribution in [0.4, 0.5) is 21.5 Å². The van der Waals surface area contributed by atoms with E-state index in [9.17, 15) is 9.18 Å². The molecule has 4 nitrogen and oxygen atoms in total. The molecule has 32 heavy (non-hydrogen) atoms. The number of rotatable bonds is 2. The maximum absolute atomic E-state index is 13.6. The third-order valence-electron chi connectivity index (χ3n) is 4.89. The number of anilines is 2. The molecular weight excluding hydrogens is 488 g/mol. The van der Waals surface area contributed by atoms with E-state index in [-0.39, 0.29) is 11.7 Å². The average Bonchev–Trinajstić information content (AvgIpc) is 3.25. The first kappa shape index (κ1) is 21.4. The largest absolute Gasteiger partial charge is 0.337 e. The quantitative estimate of drug-likeness (QED) is 0.344. The lowest BCUT2D eigenvalue weighted by molar-refractivity contribution is -0.113. The van der Waals surface area contributed by atoms with Crippen LogP contribution in [0.25, 0.3) is 0 Å². The molecule has 3 aromatic carbocycles. The number of thioether (sulfide) groups is 2. The summed E-state index contributed by atoms with van der Waals surface area (Å²) < 4.78 is 13.5. The number of aliphatic imine (C=N–C) groups is 1. The summed E-state index contributed by atoms with van der Waals surface area (Å²) in [6.45, 7) is 0. The monoisotopic (exact) mass is 501 g/mol. The van der Waals surface area contributed by atoms with Gasteiger partial charge in [0.15, 0.2) is 5.17 Å². The van der Waals surface area contributed by atoms with Gasteiger partial charge in [0.25, 0.3) is 5.91 Å². The van der Waals surface area contributed by atoms with E-state index < -0.39 is 0 Å². The Morgan fingerprint density at radius 1 is 0.938 bits per heavy atom. The predicted octanol–water partition coefficient (Wildman–Crippen LogP) is 7.31. The molecule has 3 aromatic rings. The molecule has 0 spiro atoms. The molecule has 1 amide bonds. The van der Waals surface area contributed by atoms with Crippen LogP contribution in [0.5, 0.6) is 0 Å². The van der Waals surface area contributed by atoms with Crippen molar-refractivity contribution < 1.29 is 9.18 Å². The number of amidine groups is 1. The van der Waals surface area contributed by atoms with Crippen molar-refractivity contribution in [1.82, 2.24) is 0 Å². The molecule has 160 valence electrons. The number of benzene rings is 3. The molecule has 0 radical (unpaired) electrons. The summed E-state index contributed by atoms with van der Waals surface area (Å²) in [6, 6.07) is 18.5. The molecule has 2 heterocycles. The first-order chi connectivity index (χ1) is 15.4. The summed E-state index contributed by atoms with van der Waals surface area (Å²) in [5, 5.41) is 2.44. The fourth-order valence-corrected chi connectivity index (χ4v) is 6.05. The molecule has 2 aliphatic heterocycles. The predicted molar refractivity (Wildman–Crippen MR) is 133 cm³/mol. The van der Waals surface area contributed by atoms with Crippen molar-refractivity contribution in [3.05, 3.63) is 92.5 Å². The van der Waals surface area contributed by atoms with Crippen molar-refractivity contribution in [1.29, 1.82) is 0 Å². The molecule has 0 unspecified atom stereocenters. The van der Waals surface area contributed by atoms with Gasteiger partial charge in [0.1, 0.15) is 10.7 Å². The van der Waals surface area contributed by atoms with Crippen molar-refractivity contribution in [2.24, 2.45) is 4.99 Å². The van der Waals surface area contributed by atoms with Gasteiger partial charge in [-0.15, -0.1) is 0 Å². The van der Waals surface area contributed by atoms with Gasteiger partial charge in [-0.05, 0) is 72.4 Å². The molecule has 1 fully saturated rings. The molecule has 0 N–H and O–H groups in total. The second kappa shape index (κ2) is 8.48. The highest BCUT2D eigenvalue weighted by Crippen LogP contribution is 2.51. The van der Waals surface area contributed by atoms with Crippen molar-refractivity contribution >= 4 is 74.9 Å². The van der Waals surface area contributed by atoms with E-state index in [1.807, 2.05) is 36.2 Å². The Hall–Kier alpha value is -2.45. The van der Waals surface area contributed by atoms with E-state index in [4.69, 9.17) is 23.2 Å². The van der Waals surface area contributed by atoms with E-state index in [1.165, 1.54) is 40.6 Å². The Labute approximate surface area is 202 Å². The average molecular weight is 502 g/mol. The van der Waals surface area contributed by atoms with Gasteiger partial charge in [-0.2, -0.15) is 0 Å². The molecular formula is C23H14Cl2FN3OS2. The van der Waals surface area contributed by atoms with Gasteiger partial charge in [0, 0.05) is 22.0 Å². The third-order valence-corrected chi connectivity index (χ3v) is 7.75. The molecule has 0 bridgehead atoms. The lowest BCUT2D eigenvalue weighted by atomic mass is 10.2. The second-order valence-electron chi connectivity index (χ2n) is 7.00. The molecule has 0 aliphatic carbocycles. The SMILES string of the molecule is CN1C(=C2SC(=Nc3cccc(Cl)c3)N(c3ccc(F)cc3)C2=O)Sc2ccc(Cl)cc21. The summed E-state index contributed by atoms with van der Waals surface area (Å²) in [4.78, 5) is 23.3. The van der Waals surface area contributed by atoms with Crippen molar-refractivity contribution in [3.8, 4) is 0 Å². The Kier molecular flexibility index (Phi) is 5.67. The number of hydrogen-bond donors (Lipinski definition) is 0. The van der Waals surface area contributed by atoms with Gasteiger partial charge >= 0.3 is 0 Å². The number of halogens is 3. The van der Waals surface area contributed by atoms with E-state index in [0.29, 0.717) is 31.5 Å². The van der Waals surface area contributed by atoms with Gasteiger partial charge < -0.3 is 4.90 Å². The number of amides is 1. The standard InChI is InChI=1S/C23H14Cl2FN3OS2/c1-28-18-12-14(25)5-10-19(18)31-22(28)20-21(30)29(17-8-6-15(26)7-9-17)23(32-20)27-16-4-2-3-13(24)11-16/h2-12H,1H3. The number of fused-ring (bicyclic) bond motifs is 1. The molecule has 2 aliphatic rings. The molecule has 1 saturated heterocycles. The molecule has 5 rings (SSSR count). The number of carbonyl (C=O) groups excluding carboxylic acids is 1. The molecule has 0 saturated carbocycles. The van der Waals surface area contributed by atoms with E-state index in [2.05, 4.69) is 4.99 Å². The van der Waals surface area contributed by atoms with Crippen LogP contribution in [0.2, 0.25) is 10.0 Å². The highest BCUT2D eigenvalue weighted by molar-refractivity contribution is 8.20. The van der Waals surface area contributed by atoms with E-state index in [0.717, 1.165) is 15.6 Å². The Balaban J connectivity index is 1.61. The Bertz CT molecular complexity index is 1310. The van der Waals surface area contributed by atoms with Crippen molar-refractivity contribution in [2.45, 2.75) is 4.90 Å². The zero-order chi connectivity index (χ0) is 22.4. The minimum atomic E-state index is -0.377. The summed E-state index contributed by atoms with van der Waals surface area (Å²) in [7, 11) is 1.90. The van der Waals surface area contributed by atoms with Gasteiger partial charge in [-0.3, -0.25) is 9.69 Å². The summed E-state index contributed by atoms with van der Waals surface area (Å²) in [6.07, 6.45) is 0. The number of nitrogens with zero attached hydrogens (tertiary/aromatic N) is 3. The summed E-state index contributed by atoms with van der Waals surface area (Å²) in [5.74, 6) is -0.603. The maximum Gasteiger partial charge on any atom is 0.274 e.